The summed E-state index contributed by atoms with van der Waals surface area (Å²) in [6.07, 6.45) is 2.56. The fraction of sp³-hybridized carbons (Fsp3) is 0.833. The number of hydrogen-bond donors (Lipinski definition) is 0. The van der Waals surface area contributed by atoms with E-state index in [-0.39, 0.29) is 0 Å². The van der Waals surface area contributed by atoms with Crippen LogP contribution in [0.25, 0.3) is 0 Å². The van der Waals surface area contributed by atoms with Gasteiger partial charge in [-0.2, -0.15) is 0 Å². The number of hydrogen-bond acceptors (Lipinski definition) is 2. The van der Waals surface area contributed by atoms with Crippen LogP contribution in [-0.2, 0) is 0 Å². The Hall–Kier alpha value is -0.500. The molecule has 14 heavy (non-hydrogen) atoms. The van der Waals surface area contributed by atoms with Crippen molar-refractivity contribution in [3.05, 3.63) is 12.3 Å². The van der Waals surface area contributed by atoms with E-state index in [4.69, 9.17) is 0 Å². The lowest BCUT2D eigenvalue weighted by atomic mass is 10.0. The summed E-state index contributed by atoms with van der Waals surface area (Å²) in [6.45, 7) is 13.1. The molecule has 0 amide bonds. The zero-order valence-electron chi connectivity index (χ0n) is 10.1. The quantitative estimate of drug-likeness (QED) is 0.683. The van der Waals surface area contributed by atoms with Gasteiger partial charge in [-0.25, -0.2) is 0 Å². The van der Waals surface area contributed by atoms with Gasteiger partial charge in [0.15, 0.2) is 0 Å². The Labute approximate surface area is 88.6 Å². The Morgan fingerprint density at radius 3 is 2.21 bits per heavy atom. The summed E-state index contributed by atoms with van der Waals surface area (Å²) in [5.41, 5.74) is 1.19. The van der Waals surface area contributed by atoms with E-state index in [1.165, 1.54) is 31.6 Å². The van der Waals surface area contributed by atoms with Crippen LogP contribution in [0.3, 0.4) is 0 Å². The Bertz CT molecular complexity index is 190. The maximum Gasteiger partial charge on any atom is 0.0307 e. The Balaban J connectivity index is 2.39. The molecular formula is C12H24N2. The van der Waals surface area contributed by atoms with Crippen molar-refractivity contribution >= 4 is 0 Å². The van der Waals surface area contributed by atoms with Gasteiger partial charge >= 0.3 is 0 Å². The highest BCUT2D eigenvalue weighted by Crippen LogP contribution is 2.19. The van der Waals surface area contributed by atoms with Crippen LogP contribution in [0, 0.1) is 0 Å². The Kier molecular flexibility index (Phi) is 3.99. The minimum absolute atomic E-state index is 0.700. The highest BCUT2D eigenvalue weighted by Gasteiger charge is 2.23. The van der Waals surface area contributed by atoms with Crippen molar-refractivity contribution in [1.82, 2.24) is 9.80 Å². The van der Waals surface area contributed by atoms with E-state index < -0.39 is 0 Å². The topological polar surface area (TPSA) is 6.48 Å². The molecule has 1 fully saturated rings. The smallest absolute Gasteiger partial charge is 0.0307 e. The molecule has 82 valence electrons. The maximum absolute atomic E-state index is 4.00. The summed E-state index contributed by atoms with van der Waals surface area (Å²) < 4.78 is 0. The second-order valence-corrected chi connectivity index (χ2v) is 4.71. The molecule has 0 N–H and O–H groups in total. The number of nitrogens with zero attached hydrogens (tertiary/aromatic N) is 2. The molecule has 1 aliphatic rings. The first-order valence-corrected chi connectivity index (χ1v) is 5.64. The van der Waals surface area contributed by atoms with Gasteiger partial charge in [-0.15, -0.1) is 0 Å². The molecule has 0 saturated carbocycles. The summed E-state index contributed by atoms with van der Waals surface area (Å²) in [7, 11) is 2.16. The van der Waals surface area contributed by atoms with Gasteiger partial charge in [0.05, 0.1) is 0 Å². The highest BCUT2D eigenvalue weighted by atomic mass is 15.2. The molecule has 0 spiro atoms. The molecule has 0 aromatic heterocycles. The van der Waals surface area contributed by atoms with E-state index in [1.807, 2.05) is 0 Å². The van der Waals surface area contributed by atoms with Crippen LogP contribution in [0.5, 0.6) is 0 Å². The van der Waals surface area contributed by atoms with E-state index >= 15 is 0 Å². The predicted octanol–water partition coefficient (Wildman–Crippen LogP) is 2.32. The third-order valence-corrected chi connectivity index (χ3v) is 3.38. The average Bonchev–Trinajstić information content (AvgIpc) is 2.16. The maximum atomic E-state index is 4.00. The lowest BCUT2D eigenvalue weighted by Crippen LogP contribution is -2.45. The van der Waals surface area contributed by atoms with Crippen LogP contribution >= 0.6 is 0 Å². The first-order chi connectivity index (χ1) is 6.52. The van der Waals surface area contributed by atoms with Crippen molar-refractivity contribution in [3.8, 4) is 0 Å². The summed E-state index contributed by atoms with van der Waals surface area (Å²) in [5, 5.41) is 0. The number of rotatable bonds is 3. The van der Waals surface area contributed by atoms with Crippen molar-refractivity contribution in [1.29, 1.82) is 0 Å². The van der Waals surface area contributed by atoms with Crippen molar-refractivity contribution in [2.24, 2.45) is 0 Å². The zero-order valence-corrected chi connectivity index (χ0v) is 10.1. The molecule has 0 unspecified atom stereocenters. The standard InChI is InChI=1S/C12H24N2/c1-10(2)13(5)12-6-8-14(9-7-12)11(3)4/h11-12H,1,6-9H2,2-5H3. The minimum Gasteiger partial charge on any atom is -0.375 e. The van der Waals surface area contributed by atoms with Crippen LogP contribution in [0.15, 0.2) is 12.3 Å². The molecule has 1 rings (SSSR count). The van der Waals surface area contributed by atoms with Crippen LogP contribution in [0.1, 0.15) is 33.6 Å². The van der Waals surface area contributed by atoms with Crippen molar-refractivity contribution in [3.63, 3.8) is 0 Å². The van der Waals surface area contributed by atoms with E-state index in [2.05, 4.69) is 44.2 Å². The molecule has 0 bridgehead atoms. The molecule has 2 heteroatoms. The fourth-order valence-electron chi connectivity index (χ4n) is 2.10. The molecular weight excluding hydrogens is 172 g/mol. The molecule has 1 heterocycles. The number of likely N-dealkylation sites (tertiary alicyclic amines) is 1. The number of piperidine rings is 1. The summed E-state index contributed by atoms with van der Waals surface area (Å²) in [4.78, 5) is 4.89. The van der Waals surface area contributed by atoms with Crippen molar-refractivity contribution < 1.29 is 0 Å². The van der Waals surface area contributed by atoms with Gasteiger partial charge < -0.3 is 9.80 Å². The molecule has 0 atom stereocenters. The SMILES string of the molecule is C=C(C)N(C)C1CCN(C(C)C)CC1. The zero-order chi connectivity index (χ0) is 10.7. The summed E-state index contributed by atoms with van der Waals surface area (Å²) in [5.74, 6) is 0. The normalized spacial score (nSPS) is 20.1. The second kappa shape index (κ2) is 4.83. The molecule has 0 radical (unpaired) electrons. The van der Waals surface area contributed by atoms with E-state index in [0.29, 0.717) is 12.1 Å². The van der Waals surface area contributed by atoms with Crippen molar-refractivity contribution in [2.45, 2.75) is 45.7 Å². The second-order valence-electron chi connectivity index (χ2n) is 4.71. The Morgan fingerprint density at radius 2 is 1.86 bits per heavy atom. The van der Waals surface area contributed by atoms with Crippen LogP contribution in [0.4, 0.5) is 0 Å². The lowest BCUT2D eigenvalue weighted by molar-refractivity contribution is 0.124. The third-order valence-electron chi connectivity index (χ3n) is 3.38. The minimum atomic E-state index is 0.700. The predicted molar refractivity (Wildman–Crippen MR) is 62.3 cm³/mol. The van der Waals surface area contributed by atoms with Crippen LogP contribution in [0.2, 0.25) is 0 Å². The molecule has 1 aliphatic heterocycles. The largest absolute Gasteiger partial charge is 0.375 e. The first-order valence-electron chi connectivity index (χ1n) is 5.64. The molecule has 0 aliphatic carbocycles. The van der Waals surface area contributed by atoms with Gasteiger partial charge in [0.1, 0.15) is 0 Å². The van der Waals surface area contributed by atoms with Gasteiger partial charge in [0, 0.05) is 37.9 Å². The van der Waals surface area contributed by atoms with E-state index in [0.717, 1.165) is 0 Å². The van der Waals surface area contributed by atoms with Crippen LogP contribution in [-0.4, -0.2) is 42.0 Å². The van der Waals surface area contributed by atoms with Crippen LogP contribution < -0.4 is 0 Å². The Morgan fingerprint density at radius 1 is 1.36 bits per heavy atom. The van der Waals surface area contributed by atoms with Gasteiger partial charge in [-0.3, -0.25) is 0 Å². The van der Waals surface area contributed by atoms with Gasteiger partial charge in [-0.1, -0.05) is 6.58 Å². The summed E-state index contributed by atoms with van der Waals surface area (Å²) >= 11 is 0. The lowest BCUT2D eigenvalue weighted by Gasteiger charge is -2.39. The van der Waals surface area contributed by atoms with Gasteiger partial charge in [-0.05, 0) is 33.6 Å². The van der Waals surface area contributed by atoms with Gasteiger partial charge in [0.2, 0.25) is 0 Å². The van der Waals surface area contributed by atoms with E-state index in [9.17, 15) is 0 Å². The van der Waals surface area contributed by atoms with E-state index in [1.54, 1.807) is 0 Å². The van der Waals surface area contributed by atoms with Crippen molar-refractivity contribution in [2.75, 3.05) is 20.1 Å². The molecule has 1 saturated heterocycles. The first kappa shape index (κ1) is 11.6. The molecule has 0 aromatic rings. The molecule has 2 nitrogen and oxygen atoms in total. The van der Waals surface area contributed by atoms with Gasteiger partial charge in [0.25, 0.3) is 0 Å². The summed E-state index contributed by atoms with van der Waals surface area (Å²) in [6, 6.07) is 1.41. The highest BCUT2D eigenvalue weighted by molar-refractivity contribution is 4.92. The number of allylic oxidation sites excluding steroid dienone is 1. The molecule has 0 aromatic carbocycles. The average molecular weight is 196 g/mol. The monoisotopic (exact) mass is 196 g/mol. The third kappa shape index (κ3) is 2.74. The fourth-order valence-corrected chi connectivity index (χ4v) is 2.10.